The van der Waals surface area contributed by atoms with Gasteiger partial charge in [0.05, 0.1) is 57.6 Å². The van der Waals surface area contributed by atoms with Crippen molar-refractivity contribution in [3.8, 4) is 0 Å². The number of aliphatic hydroxyl groups is 1. The zero-order valence-electron chi connectivity index (χ0n) is 20.6. The van der Waals surface area contributed by atoms with E-state index < -0.39 is 6.10 Å². The molecule has 3 aliphatic heterocycles. The summed E-state index contributed by atoms with van der Waals surface area (Å²) < 4.78 is 17.3. The Hall–Kier alpha value is -1.95. The molecule has 0 unspecified atom stereocenters. The molecule has 0 saturated carbocycles. The summed E-state index contributed by atoms with van der Waals surface area (Å²) in [5.74, 6) is -0.0295. The van der Waals surface area contributed by atoms with E-state index in [0.29, 0.717) is 30.1 Å². The Morgan fingerprint density at radius 1 is 1.14 bits per heavy atom. The molecule has 11 heteroatoms. The van der Waals surface area contributed by atoms with Crippen LogP contribution in [0.25, 0.3) is 0 Å². The molecule has 200 valence electrons. The number of rotatable bonds is 7. The number of aliphatic hydroxyl groups excluding tert-OH is 1. The van der Waals surface area contributed by atoms with Crippen molar-refractivity contribution < 1.29 is 28.9 Å². The average Bonchev–Trinajstić information content (AvgIpc) is 2.85. The summed E-state index contributed by atoms with van der Waals surface area (Å²) in [5, 5.41) is 16.7. The van der Waals surface area contributed by atoms with Gasteiger partial charge in [0.1, 0.15) is 6.10 Å². The maximum atomic E-state index is 13.2. The first-order valence-electron chi connectivity index (χ1n) is 12.8. The fourth-order valence-electron chi connectivity index (χ4n) is 4.97. The van der Waals surface area contributed by atoms with Crippen LogP contribution in [-0.4, -0.2) is 110 Å². The lowest BCUT2D eigenvalue weighted by atomic mass is 9.95. The van der Waals surface area contributed by atoms with Crippen molar-refractivity contribution in [3.05, 3.63) is 29.3 Å². The van der Waals surface area contributed by atoms with Gasteiger partial charge in [0.15, 0.2) is 0 Å². The molecule has 3 fully saturated rings. The highest BCUT2D eigenvalue weighted by Gasteiger charge is 2.40. The molecule has 0 aromatic heterocycles. The molecule has 36 heavy (non-hydrogen) atoms. The van der Waals surface area contributed by atoms with Gasteiger partial charge in [-0.05, 0) is 44.0 Å². The number of nitrogens with zero attached hydrogens (tertiary/aromatic N) is 2. The summed E-state index contributed by atoms with van der Waals surface area (Å²) in [4.78, 5) is 29.6. The molecular formula is C25H37ClN4O6. The summed E-state index contributed by atoms with van der Waals surface area (Å²) in [5.41, 5.74) is 0.580. The number of fused-ring (bicyclic) bond motifs is 1. The highest BCUT2D eigenvalue weighted by molar-refractivity contribution is 6.30. The van der Waals surface area contributed by atoms with Crippen LogP contribution in [0.2, 0.25) is 5.02 Å². The molecule has 0 radical (unpaired) electrons. The number of halogens is 1. The van der Waals surface area contributed by atoms with E-state index in [0.717, 1.165) is 39.3 Å². The lowest BCUT2D eigenvalue weighted by molar-refractivity contribution is -0.149. The van der Waals surface area contributed by atoms with Crippen LogP contribution in [0, 0.1) is 0 Å². The average molecular weight is 525 g/mol. The molecule has 10 nitrogen and oxygen atoms in total. The third kappa shape index (κ3) is 8.03. The molecule has 3 heterocycles. The topological polar surface area (TPSA) is 113 Å². The van der Waals surface area contributed by atoms with Gasteiger partial charge in [-0.2, -0.15) is 0 Å². The highest BCUT2D eigenvalue weighted by atomic mass is 35.5. The Labute approximate surface area is 217 Å². The number of amides is 3. The minimum absolute atomic E-state index is 0.0295. The van der Waals surface area contributed by atoms with Crippen molar-refractivity contribution >= 4 is 29.2 Å². The molecule has 0 spiro atoms. The maximum Gasteiger partial charge on any atom is 0.322 e. The monoisotopic (exact) mass is 524 g/mol. The number of urea groups is 1. The summed E-state index contributed by atoms with van der Waals surface area (Å²) >= 11 is 6.05. The minimum atomic E-state index is -0.794. The fourth-order valence-corrected chi connectivity index (χ4v) is 5.16. The standard InChI is InChI=1S/C25H37ClN4O6/c26-18-3-1-4-19(13-18)28-25(33)30-15-20(31)16-35-17-23-22(30)6-5-21(36-23)14-24(32)27-7-2-8-29-9-11-34-12-10-29/h1,3-4,13,20-23,31H,2,5-12,14-17H2,(H,27,32)(H,28,33)/t20-,21-,22+,23-/m0/s1. The molecular weight excluding hydrogens is 488 g/mol. The Morgan fingerprint density at radius 2 is 1.97 bits per heavy atom. The van der Waals surface area contributed by atoms with E-state index in [4.69, 9.17) is 25.8 Å². The van der Waals surface area contributed by atoms with Gasteiger partial charge in [-0.15, -0.1) is 0 Å². The van der Waals surface area contributed by atoms with Gasteiger partial charge in [0.2, 0.25) is 5.91 Å². The van der Waals surface area contributed by atoms with Crippen LogP contribution in [0.4, 0.5) is 10.5 Å². The van der Waals surface area contributed by atoms with E-state index in [9.17, 15) is 14.7 Å². The number of carbonyl (C=O) groups is 2. The number of nitrogens with one attached hydrogen (secondary N) is 2. The smallest absolute Gasteiger partial charge is 0.322 e. The van der Waals surface area contributed by atoms with Gasteiger partial charge in [-0.1, -0.05) is 17.7 Å². The first-order chi connectivity index (χ1) is 17.5. The molecule has 3 aliphatic rings. The number of morpholine rings is 1. The third-order valence-corrected chi connectivity index (χ3v) is 7.04. The van der Waals surface area contributed by atoms with Crippen molar-refractivity contribution in [2.45, 2.75) is 50.0 Å². The molecule has 3 saturated heterocycles. The molecule has 1 aromatic rings. The van der Waals surface area contributed by atoms with Crippen LogP contribution in [-0.2, 0) is 19.0 Å². The zero-order chi connectivity index (χ0) is 25.3. The molecule has 1 aromatic carbocycles. The van der Waals surface area contributed by atoms with Crippen LogP contribution in [0.15, 0.2) is 24.3 Å². The lowest BCUT2D eigenvalue weighted by Crippen LogP contribution is -2.58. The number of hydrogen-bond acceptors (Lipinski definition) is 7. The van der Waals surface area contributed by atoms with E-state index in [1.54, 1.807) is 29.2 Å². The van der Waals surface area contributed by atoms with Gasteiger partial charge in [0, 0.05) is 30.3 Å². The van der Waals surface area contributed by atoms with E-state index in [2.05, 4.69) is 15.5 Å². The summed E-state index contributed by atoms with van der Waals surface area (Å²) in [6, 6.07) is 6.34. The van der Waals surface area contributed by atoms with Gasteiger partial charge >= 0.3 is 6.03 Å². The van der Waals surface area contributed by atoms with Crippen LogP contribution >= 0.6 is 11.6 Å². The predicted octanol–water partition coefficient (Wildman–Crippen LogP) is 1.71. The van der Waals surface area contributed by atoms with Crippen LogP contribution < -0.4 is 10.6 Å². The normalized spacial score (nSPS) is 27.4. The quantitative estimate of drug-likeness (QED) is 0.465. The fraction of sp³-hybridized carbons (Fsp3) is 0.680. The number of β-amino-alcohol motifs (C(OH)–C–C–N with tert-alkyl or cyclic N) is 1. The van der Waals surface area contributed by atoms with Crippen LogP contribution in [0.5, 0.6) is 0 Å². The Balaban J connectivity index is 1.27. The van der Waals surface area contributed by atoms with Crippen molar-refractivity contribution in [1.82, 2.24) is 15.1 Å². The van der Waals surface area contributed by atoms with E-state index >= 15 is 0 Å². The van der Waals surface area contributed by atoms with Crippen LogP contribution in [0.1, 0.15) is 25.7 Å². The van der Waals surface area contributed by atoms with Gasteiger partial charge < -0.3 is 34.9 Å². The first-order valence-corrected chi connectivity index (χ1v) is 13.2. The van der Waals surface area contributed by atoms with Crippen molar-refractivity contribution in [2.75, 3.05) is 64.5 Å². The molecule has 0 bridgehead atoms. The van der Waals surface area contributed by atoms with Crippen molar-refractivity contribution in [1.29, 1.82) is 0 Å². The molecule has 4 atom stereocenters. The van der Waals surface area contributed by atoms with Crippen molar-refractivity contribution in [3.63, 3.8) is 0 Å². The third-order valence-electron chi connectivity index (χ3n) is 6.81. The second-order valence-corrected chi connectivity index (χ2v) is 10.0. The number of ether oxygens (including phenoxy) is 3. The summed E-state index contributed by atoms with van der Waals surface area (Å²) in [6.45, 7) is 5.51. The highest BCUT2D eigenvalue weighted by Crippen LogP contribution is 2.28. The SMILES string of the molecule is O=C(C[C@@H]1CC[C@@H]2[C@H](COC[C@@H](O)CN2C(=O)Nc2cccc(Cl)c2)O1)NCCCN1CCOCC1. The maximum absolute atomic E-state index is 13.2. The summed E-state index contributed by atoms with van der Waals surface area (Å²) in [6.07, 6.45) is 1.05. The molecule has 3 N–H and O–H groups in total. The molecule has 4 rings (SSSR count). The Bertz CT molecular complexity index is 871. The van der Waals surface area contributed by atoms with Gasteiger partial charge in [0.25, 0.3) is 0 Å². The van der Waals surface area contributed by atoms with E-state index in [1.165, 1.54) is 0 Å². The number of benzene rings is 1. The Morgan fingerprint density at radius 3 is 2.78 bits per heavy atom. The van der Waals surface area contributed by atoms with E-state index in [-0.39, 0.29) is 56.4 Å². The second-order valence-electron chi connectivity index (χ2n) is 9.59. The van der Waals surface area contributed by atoms with E-state index in [1.807, 2.05) is 0 Å². The summed E-state index contributed by atoms with van der Waals surface area (Å²) in [7, 11) is 0. The number of hydrogen-bond donors (Lipinski definition) is 3. The Kier molecular flexibility index (Phi) is 10.2. The van der Waals surface area contributed by atoms with Crippen molar-refractivity contribution in [2.24, 2.45) is 0 Å². The molecule has 0 aliphatic carbocycles. The lowest BCUT2D eigenvalue weighted by Gasteiger charge is -2.44. The first kappa shape index (κ1) is 27.1. The minimum Gasteiger partial charge on any atom is -0.389 e. The predicted molar refractivity (Wildman–Crippen MR) is 135 cm³/mol. The largest absolute Gasteiger partial charge is 0.389 e. The van der Waals surface area contributed by atoms with Gasteiger partial charge in [-0.3, -0.25) is 9.69 Å². The van der Waals surface area contributed by atoms with Gasteiger partial charge in [-0.25, -0.2) is 4.79 Å². The number of anilines is 1. The number of carbonyl (C=O) groups excluding carboxylic acids is 2. The second kappa shape index (κ2) is 13.6. The molecule has 3 amide bonds. The van der Waals surface area contributed by atoms with Crippen LogP contribution in [0.3, 0.4) is 0 Å². The zero-order valence-corrected chi connectivity index (χ0v) is 21.3.